The minimum absolute atomic E-state index is 0.0392. The Morgan fingerprint density at radius 3 is 2.29 bits per heavy atom. The van der Waals surface area contributed by atoms with Crippen molar-refractivity contribution in [3.8, 4) is 0 Å². The van der Waals surface area contributed by atoms with Crippen LogP contribution in [0.25, 0.3) is 6.08 Å². The third kappa shape index (κ3) is 7.06. The molecule has 0 amide bonds. The monoisotopic (exact) mass is 433 g/mol. The Hall–Kier alpha value is -1.89. The van der Waals surface area contributed by atoms with E-state index >= 15 is 0 Å². The predicted octanol–water partition coefficient (Wildman–Crippen LogP) is 6.27. The van der Waals surface area contributed by atoms with Gasteiger partial charge >= 0.3 is 6.16 Å². The first kappa shape index (κ1) is 25.4. The number of methoxy groups -OCH3 is 1. The molecule has 174 valence electrons. The first-order chi connectivity index (χ1) is 14.6. The fourth-order valence-corrected chi connectivity index (χ4v) is 4.17. The van der Waals surface area contributed by atoms with Gasteiger partial charge in [-0.25, -0.2) is 4.79 Å². The average Bonchev–Trinajstić information content (AvgIpc) is 2.72. The SMILES string of the molecule is C=Cc1ccc(C(COC(=O)OC(CCC)OC)ON2C(C)(C)CCCC2(C)C)cc1. The number of hydrogen-bond donors (Lipinski definition) is 0. The lowest BCUT2D eigenvalue weighted by Gasteiger charge is -2.52. The second-order valence-corrected chi connectivity index (χ2v) is 9.37. The number of nitrogens with zero attached hydrogens (tertiary/aromatic N) is 1. The number of hydroxylamine groups is 2. The van der Waals surface area contributed by atoms with Crippen LogP contribution in [0.15, 0.2) is 30.8 Å². The van der Waals surface area contributed by atoms with Gasteiger partial charge in [0.2, 0.25) is 6.29 Å². The van der Waals surface area contributed by atoms with Crippen molar-refractivity contribution in [3.05, 3.63) is 42.0 Å². The molecule has 1 fully saturated rings. The van der Waals surface area contributed by atoms with Crippen molar-refractivity contribution in [1.82, 2.24) is 5.06 Å². The van der Waals surface area contributed by atoms with Crippen LogP contribution < -0.4 is 0 Å². The van der Waals surface area contributed by atoms with Gasteiger partial charge in [0.1, 0.15) is 12.7 Å². The smallest absolute Gasteiger partial charge is 0.431 e. The maximum absolute atomic E-state index is 12.3. The summed E-state index contributed by atoms with van der Waals surface area (Å²) >= 11 is 0. The lowest BCUT2D eigenvalue weighted by Crippen LogP contribution is -2.58. The number of carbonyl (C=O) groups is 1. The summed E-state index contributed by atoms with van der Waals surface area (Å²) in [4.78, 5) is 18.8. The van der Waals surface area contributed by atoms with Gasteiger partial charge < -0.3 is 14.2 Å². The zero-order valence-corrected chi connectivity index (χ0v) is 20.0. The topological polar surface area (TPSA) is 57.2 Å². The van der Waals surface area contributed by atoms with E-state index in [0.29, 0.717) is 6.42 Å². The highest BCUT2D eigenvalue weighted by Crippen LogP contribution is 2.40. The highest BCUT2D eigenvalue weighted by Gasteiger charge is 2.44. The summed E-state index contributed by atoms with van der Waals surface area (Å²) in [5.74, 6) is 0. The summed E-state index contributed by atoms with van der Waals surface area (Å²) < 4.78 is 15.9. The molecule has 0 aromatic heterocycles. The van der Waals surface area contributed by atoms with E-state index in [2.05, 4.69) is 39.3 Å². The molecule has 1 aliphatic heterocycles. The second kappa shape index (κ2) is 11.1. The van der Waals surface area contributed by atoms with Gasteiger partial charge in [-0.2, -0.15) is 5.06 Å². The predicted molar refractivity (Wildman–Crippen MR) is 122 cm³/mol. The molecule has 1 heterocycles. The quantitative estimate of drug-likeness (QED) is 0.320. The van der Waals surface area contributed by atoms with Crippen molar-refractivity contribution >= 4 is 12.2 Å². The van der Waals surface area contributed by atoms with Crippen molar-refractivity contribution in [2.75, 3.05) is 13.7 Å². The molecule has 1 aliphatic rings. The van der Waals surface area contributed by atoms with Gasteiger partial charge in [-0.15, -0.1) is 0 Å². The first-order valence-corrected chi connectivity index (χ1v) is 11.2. The van der Waals surface area contributed by atoms with Crippen LogP contribution in [0.5, 0.6) is 0 Å². The van der Waals surface area contributed by atoms with Crippen molar-refractivity contribution in [2.24, 2.45) is 0 Å². The molecule has 0 bridgehead atoms. The van der Waals surface area contributed by atoms with Gasteiger partial charge in [-0.1, -0.05) is 50.3 Å². The maximum Gasteiger partial charge on any atom is 0.510 e. The molecular weight excluding hydrogens is 394 g/mol. The molecule has 1 aromatic carbocycles. The molecule has 1 aromatic rings. The molecule has 6 heteroatoms. The van der Waals surface area contributed by atoms with Gasteiger partial charge in [0.25, 0.3) is 0 Å². The van der Waals surface area contributed by atoms with E-state index in [1.54, 1.807) is 6.08 Å². The highest BCUT2D eigenvalue weighted by molar-refractivity contribution is 5.60. The molecule has 0 aliphatic carbocycles. The fourth-order valence-electron chi connectivity index (χ4n) is 4.17. The van der Waals surface area contributed by atoms with Crippen LogP contribution in [0.1, 0.15) is 84.0 Å². The normalized spacial score (nSPS) is 19.9. The second-order valence-electron chi connectivity index (χ2n) is 9.37. The van der Waals surface area contributed by atoms with Gasteiger partial charge in [0.05, 0.1) is 0 Å². The molecule has 2 atom stereocenters. The van der Waals surface area contributed by atoms with E-state index in [-0.39, 0.29) is 17.7 Å². The van der Waals surface area contributed by atoms with Crippen molar-refractivity contribution in [1.29, 1.82) is 0 Å². The summed E-state index contributed by atoms with van der Waals surface area (Å²) in [6.45, 7) is 14.6. The standard InChI is InChI=1S/C25H39NO5/c1-8-11-22(28-7)30-23(27)29-18-21(20-14-12-19(9-2)13-15-20)31-26-24(3,4)16-10-17-25(26,5)6/h9,12-15,21-22H,2,8,10-11,16-18H2,1,3-7H3. The molecule has 0 radical (unpaired) electrons. The number of hydrogen-bond acceptors (Lipinski definition) is 6. The third-order valence-electron chi connectivity index (χ3n) is 5.82. The first-order valence-electron chi connectivity index (χ1n) is 11.2. The number of benzene rings is 1. The Kier molecular flexibility index (Phi) is 9.10. The Morgan fingerprint density at radius 1 is 1.16 bits per heavy atom. The van der Waals surface area contributed by atoms with Crippen LogP contribution in [0.2, 0.25) is 0 Å². The van der Waals surface area contributed by atoms with E-state index in [1.165, 1.54) is 7.11 Å². The minimum Gasteiger partial charge on any atom is -0.431 e. The number of rotatable bonds is 10. The molecule has 2 rings (SSSR count). The summed E-state index contributed by atoms with van der Waals surface area (Å²) in [6, 6.07) is 7.92. The molecule has 2 unspecified atom stereocenters. The van der Waals surface area contributed by atoms with Gasteiger partial charge in [0.15, 0.2) is 0 Å². The van der Waals surface area contributed by atoms with E-state index in [0.717, 1.165) is 36.8 Å². The lowest BCUT2D eigenvalue weighted by molar-refractivity contribution is -0.311. The molecule has 0 spiro atoms. The van der Waals surface area contributed by atoms with E-state index in [9.17, 15) is 4.79 Å². The molecule has 0 saturated carbocycles. The van der Waals surface area contributed by atoms with Crippen molar-refractivity contribution < 1.29 is 23.8 Å². The van der Waals surface area contributed by atoms with Gasteiger partial charge in [-0.3, -0.25) is 4.84 Å². The van der Waals surface area contributed by atoms with Crippen LogP contribution in [-0.4, -0.2) is 42.3 Å². The van der Waals surface area contributed by atoms with Crippen LogP contribution in [0.4, 0.5) is 4.79 Å². The zero-order chi connectivity index (χ0) is 23.1. The molecule has 6 nitrogen and oxygen atoms in total. The Morgan fingerprint density at radius 2 is 1.77 bits per heavy atom. The Bertz CT molecular complexity index is 697. The van der Waals surface area contributed by atoms with Crippen LogP contribution in [0.3, 0.4) is 0 Å². The number of piperidine rings is 1. The van der Waals surface area contributed by atoms with Gasteiger partial charge in [-0.05, 0) is 58.1 Å². The van der Waals surface area contributed by atoms with Crippen LogP contribution in [-0.2, 0) is 19.0 Å². The summed E-state index contributed by atoms with van der Waals surface area (Å²) in [5, 5.41) is 2.08. The highest BCUT2D eigenvalue weighted by atomic mass is 16.8. The number of ether oxygens (including phenoxy) is 3. The summed E-state index contributed by atoms with van der Waals surface area (Å²) in [6.07, 6.45) is 4.65. The minimum atomic E-state index is -0.756. The molecule has 1 saturated heterocycles. The molecule has 31 heavy (non-hydrogen) atoms. The largest absolute Gasteiger partial charge is 0.510 e. The third-order valence-corrected chi connectivity index (χ3v) is 5.82. The van der Waals surface area contributed by atoms with E-state index in [4.69, 9.17) is 19.0 Å². The number of carbonyl (C=O) groups excluding carboxylic acids is 1. The van der Waals surface area contributed by atoms with Crippen LogP contribution in [0, 0.1) is 0 Å². The average molecular weight is 434 g/mol. The zero-order valence-electron chi connectivity index (χ0n) is 20.0. The lowest BCUT2D eigenvalue weighted by atomic mass is 9.82. The molecule has 0 N–H and O–H groups in total. The summed E-state index contributed by atoms with van der Waals surface area (Å²) in [5.41, 5.74) is 1.67. The van der Waals surface area contributed by atoms with Crippen molar-refractivity contribution in [2.45, 2.75) is 90.2 Å². The Labute approximate surface area is 187 Å². The van der Waals surface area contributed by atoms with Crippen molar-refractivity contribution in [3.63, 3.8) is 0 Å². The van der Waals surface area contributed by atoms with Crippen LogP contribution >= 0.6 is 0 Å². The van der Waals surface area contributed by atoms with Gasteiger partial charge in [0, 0.05) is 24.6 Å². The maximum atomic E-state index is 12.3. The molecular formula is C25H39NO5. The Balaban J connectivity index is 2.18. The van der Waals surface area contributed by atoms with E-state index < -0.39 is 18.5 Å². The fraction of sp³-hybridized carbons (Fsp3) is 0.640. The van der Waals surface area contributed by atoms with E-state index in [1.807, 2.05) is 31.2 Å². The summed E-state index contributed by atoms with van der Waals surface area (Å²) in [7, 11) is 1.52.